The van der Waals surface area contributed by atoms with E-state index in [4.69, 9.17) is 10.5 Å². The Kier molecular flexibility index (Phi) is 9.01. The normalized spacial score (nSPS) is 11.7. The van der Waals surface area contributed by atoms with Gasteiger partial charge in [-0.3, -0.25) is 4.79 Å². The predicted molar refractivity (Wildman–Crippen MR) is 84.3 cm³/mol. The molecule has 0 aromatic heterocycles. The van der Waals surface area contributed by atoms with Gasteiger partial charge in [-0.05, 0) is 30.5 Å². The van der Waals surface area contributed by atoms with Crippen molar-refractivity contribution in [1.82, 2.24) is 5.32 Å². The molecule has 3 N–H and O–H groups in total. The first-order valence-corrected chi connectivity index (χ1v) is 6.75. The lowest BCUT2D eigenvalue weighted by atomic mass is 10.1. The molecule has 1 rings (SSSR count). The van der Waals surface area contributed by atoms with E-state index in [1.165, 1.54) is 0 Å². The van der Waals surface area contributed by atoms with Gasteiger partial charge in [-0.1, -0.05) is 26.0 Å². The second kappa shape index (κ2) is 9.61. The van der Waals surface area contributed by atoms with E-state index in [-0.39, 0.29) is 24.4 Å². The maximum Gasteiger partial charge on any atom is 0.221 e. The first-order valence-electron chi connectivity index (χ1n) is 6.75. The highest BCUT2D eigenvalue weighted by atomic mass is 35.5. The summed E-state index contributed by atoms with van der Waals surface area (Å²) in [5, 5.41) is 2.91. The van der Waals surface area contributed by atoms with Gasteiger partial charge in [0.1, 0.15) is 5.75 Å². The van der Waals surface area contributed by atoms with Gasteiger partial charge in [0.05, 0.1) is 12.6 Å². The summed E-state index contributed by atoms with van der Waals surface area (Å²) in [6.45, 7) is 7.27. The number of halogens is 1. The van der Waals surface area contributed by atoms with E-state index in [9.17, 15) is 4.79 Å². The summed E-state index contributed by atoms with van der Waals surface area (Å²) in [6, 6.07) is 7.80. The third kappa shape index (κ3) is 6.78. The zero-order valence-corrected chi connectivity index (χ0v) is 13.2. The number of hydrogen-bond acceptors (Lipinski definition) is 3. The number of amides is 1. The molecule has 0 spiro atoms. The fourth-order valence-corrected chi connectivity index (χ4v) is 1.64. The quantitative estimate of drug-likeness (QED) is 0.813. The van der Waals surface area contributed by atoms with Crippen LogP contribution in [0, 0.1) is 5.92 Å². The number of rotatable bonds is 7. The van der Waals surface area contributed by atoms with Crippen LogP contribution in [0.15, 0.2) is 24.3 Å². The Balaban J connectivity index is 0.00000361. The molecule has 1 aromatic rings. The van der Waals surface area contributed by atoms with Crippen molar-refractivity contribution in [3.8, 4) is 5.75 Å². The number of nitrogens with one attached hydrogen (secondary N) is 1. The van der Waals surface area contributed by atoms with E-state index in [0.29, 0.717) is 25.5 Å². The maximum absolute atomic E-state index is 11.5. The molecule has 5 heteroatoms. The van der Waals surface area contributed by atoms with E-state index < -0.39 is 0 Å². The minimum Gasteiger partial charge on any atom is -0.493 e. The molecule has 4 nitrogen and oxygen atoms in total. The number of carbonyl (C=O) groups is 1. The standard InChI is InChI=1S/C15H24N2O2.ClH/c1-11(2)10-19-14-6-4-13(5-7-14)12(3)17-15(18)8-9-16;/h4-7,11-12H,8-10,16H2,1-3H3,(H,17,18);1H. The van der Waals surface area contributed by atoms with Crippen molar-refractivity contribution >= 4 is 18.3 Å². The molecule has 0 aliphatic carbocycles. The molecule has 1 amide bonds. The largest absolute Gasteiger partial charge is 0.493 e. The van der Waals surface area contributed by atoms with E-state index in [0.717, 1.165) is 11.3 Å². The molecule has 0 heterocycles. The first-order chi connectivity index (χ1) is 9.02. The van der Waals surface area contributed by atoms with Crippen LogP contribution in [0.5, 0.6) is 5.75 Å². The zero-order valence-electron chi connectivity index (χ0n) is 12.4. The van der Waals surface area contributed by atoms with E-state index in [1.807, 2.05) is 31.2 Å². The summed E-state index contributed by atoms with van der Waals surface area (Å²) >= 11 is 0. The van der Waals surface area contributed by atoms with Crippen LogP contribution in [0.1, 0.15) is 38.8 Å². The Morgan fingerprint density at radius 1 is 1.25 bits per heavy atom. The molecule has 1 aromatic carbocycles. The van der Waals surface area contributed by atoms with Crippen LogP contribution in [-0.2, 0) is 4.79 Å². The molecule has 1 unspecified atom stereocenters. The van der Waals surface area contributed by atoms with Crippen molar-refractivity contribution < 1.29 is 9.53 Å². The topological polar surface area (TPSA) is 64.3 Å². The van der Waals surface area contributed by atoms with Crippen LogP contribution in [0.25, 0.3) is 0 Å². The predicted octanol–water partition coefficient (Wildman–Crippen LogP) is 2.67. The van der Waals surface area contributed by atoms with Gasteiger partial charge in [0.25, 0.3) is 0 Å². The van der Waals surface area contributed by atoms with Crippen molar-refractivity contribution in [2.45, 2.75) is 33.2 Å². The molecule has 0 saturated carbocycles. The van der Waals surface area contributed by atoms with Crippen LogP contribution in [-0.4, -0.2) is 19.1 Å². The van der Waals surface area contributed by atoms with Crippen molar-refractivity contribution in [1.29, 1.82) is 0 Å². The van der Waals surface area contributed by atoms with Gasteiger partial charge in [-0.2, -0.15) is 0 Å². The van der Waals surface area contributed by atoms with Crippen LogP contribution < -0.4 is 15.8 Å². The minimum atomic E-state index is -0.0184. The summed E-state index contributed by atoms with van der Waals surface area (Å²) in [4.78, 5) is 11.5. The second-order valence-electron chi connectivity index (χ2n) is 5.10. The monoisotopic (exact) mass is 300 g/mol. The lowest BCUT2D eigenvalue weighted by Gasteiger charge is -2.15. The Labute approximate surface area is 127 Å². The van der Waals surface area contributed by atoms with E-state index >= 15 is 0 Å². The first kappa shape index (κ1) is 18.7. The number of carbonyl (C=O) groups excluding carboxylic acids is 1. The molecular weight excluding hydrogens is 276 g/mol. The fraction of sp³-hybridized carbons (Fsp3) is 0.533. The molecule has 114 valence electrons. The highest BCUT2D eigenvalue weighted by molar-refractivity contribution is 5.85. The molecule has 20 heavy (non-hydrogen) atoms. The lowest BCUT2D eigenvalue weighted by molar-refractivity contribution is -0.121. The maximum atomic E-state index is 11.5. The van der Waals surface area contributed by atoms with Gasteiger partial charge in [0, 0.05) is 13.0 Å². The summed E-state index contributed by atoms with van der Waals surface area (Å²) in [6.07, 6.45) is 0.361. The highest BCUT2D eigenvalue weighted by Crippen LogP contribution is 2.18. The molecule has 0 radical (unpaired) electrons. The average molecular weight is 301 g/mol. The third-order valence-corrected chi connectivity index (χ3v) is 2.71. The van der Waals surface area contributed by atoms with Gasteiger partial charge in [0.2, 0.25) is 5.91 Å². The van der Waals surface area contributed by atoms with Crippen molar-refractivity contribution in [3.63, 3.8) is 0 Å². The second-order valence-corrected chi connectivity index (χ2v) is 5.10. The average Bonchev–Trinajstić information content (AvgIpc) is 2.37. The van der Waals surface area contributed by atoms with Crippen molar-refractivity contribution in [3.05, 3.63) is 29.8 Å². The van der Waals surface area contributed by atoms with E-state index in [1.54, 1.807) is 0 Å². The molecule has 0 aliphatic rings. The summed E-state index contributed by atoms with van der Waals surface area (Å²) in [5.41, 5.74) is 6.40. The Morgan fingerprint density at radius 2 is 1.85 bits per heavy atom. The van der Waals surface area contributed by atoms with Crippen molar-refractivity contribution in [2.24, 2.45) is 11.7 Å². The van der Waals surface area contributed by atoms with Crippen LogP contribution in [0.4, 0.5) is 0 Å². The number of ether oxygens (including phenoxy) is 1. The Morgan fingerprint density at radius 3 is 2.35 bits per heavy atom. The number of nitrogens with two attached hydrogens (primary N) is 1. The summed E-state index contributed by atoms with van der Waals surface area (Å²) < 4.78 is 5.62. The van der Waals surface area contributed by atoms with Gasteiger partial charge >= 0.3 is 0 Å². The smallest absolute Gasteiger partial charge is 0.221 e. The van der Waals surface area contributed by atoms with Gasteiger partial charge in [-0.25, -0.2) is 0 Å². The molecule has 1 atom stereocenters. The fourth-order valence-electron chi connectivity index (χ4n) is 1.64. The zero-order chi connectivity index (χ0) is 14.3. The summed E-state index contributed by atoms with van der Waals surface area (Å²) in [7, 11) is 0. The van der Waals surface area contributed by atoms with Gasteiger partial charge in [-0.15, -0.1) is 12.4 Å². The lowest BCUT2D eigenvalue weighted by Crippen LogP contribution is -2.28. The SMILES string of the molecule is CC(C)COc1ccc(C(C)NC(=O)CCN)cc1.Cl. The molecular formula is C15H25ClN2O2. The Hall–Kier alpha value is -1.26. The Bertz CT molecular complexity index is 393. The number of benzene rings is 1. The molecule has 0 fully saturated rings. The van der Waals surface area contributed by atoms with Crippen LogP contribution in [0.2, 0.25) is 0 Å². The van der Waals surface area contributed by atoms with Crippen LogP contribution in [0.3, 0.4) is 0 Å². The molecule has 0 saturated heterocycles. The molecule has 0 aliphatic heterocycles. The number of hydrogen-bond donors (Lipinski definition) is 2. The van der Waals surface area contributed by atoms with Crippen molar-refractivity contribution in [2.75, 3.05) is 13.2 Å². The molecule has 0 bridgehead atoms. The highest BCUT2D eigenvalue weighted by Gasteiger charge is 2.08. The van der Waals surface area contributed by atoms with Gasteiger partial charge < -0.3 is 15.8 Å². The van der Waals surface area contributed by atoms with E-state index in [2.05, 4.69) is 19.2 Å². The third-order valence-electron chi connectivity index (χ3n) is 2.71. The van der Waals surface area contributed by atoms with Crippen LogP contribution >= 0.6 is 12.4 Å². The van der Waals surface area contributed by atoms with Gasteiger partial charge in [0.15, 0.2) is 0 Å². The summed E-state index contributed by atoms with van der Waals surface area (Å²) in [5.74, 6) is 1.35. The minimum absolute atomic E-state index is 0.